The zero-order valence-corrected chi connectivity index (χ0v) is 16.4. The first kappa shape index (κ1) is 19.6. The van der Waals surface area contributed by atoms with Gasteiger partial charge in [0.1, 0.15) is 29.8 Å². The van der Waals surface area contributed by atoms with E-state index in [1.54, 1.807) is 18.2 Å². The highest BCUT2D eigenvalue weighted by Crippen LogP contribution is 2.27. The average molecular weight is 428 g/mol. The van der Waals surface area contributed by atoms with Crippen molar-refractivity contribution in [3.8, 4) is 11.4 Å². The Morgan fingerprint density at radius 1 is 1.23 bits per heavy atom. The monoisotopic (exact) mass is 427 g/mol. The van der Waals surface area contributed by atoms with E-state index < -0.39 is 11.5 Å². The maximum Gasteiger partial charge on any atom is 0.264 e. The fraction of sp³-hybridized carbons (Fsp3) is 0.100. The fourth-order valence-corrected chi connectivity index (χ4v) is 3.19. The van der Waals surface area contributed by atoms with Crippen molar-refractivity contribution in [2.45, 2.75) is 6.54 Å². The Kier molecular flexibility index (Phi) is 5.20. The van der Waals surface area contributed by atoms with Crippen LogP contribution in [0.1, 0.15) is 0 Å². The van der Waals surface area contributed by atoms with Crippen molar-refractivity contribution in [2.75, 3.05) is 12.4 Å². The van der Waals surface area contributed by atoms with E-state index in [1.165, 1.54) is 53.1 Å². The quantitative estimate of drug-likeness (QED) is 0.528. The van der Waals surface area contributed by atoms with Crippen LogP contribution < -0.4 is 15.6 Å². The summed E-state index contributed by atoms with van der Waals surface area (Å²) >= 11 is 6.05. The van der Waals surface area contributed by atoms with E-state index in [4.69, 9.17) is 16.3 Å². The van der Waals surface area contributed by atoms with Gasteiger partial charge in [-0.05, 0) is 42.5 Å². The number of rotatable bonds is 5. The number of carbonyl (C=O) groups is 1. The number of hydrogen-bond donors (Lipinski definition) is 1. The number of benzene rings is 2. The van der Waals surface area contributed by atoms with Crippen LogP contribution in [0, 0.1) is 5.82 Å². The molecule has 2 aromatic carbocycles. The van der Waals surface area contributed by atoms with Gasteiger partial charge in [-0.25, -0.2) is 14.1 Å². The second kappa shape index (κ2) is 7.96. The maximum atomic E-state index is 13.1. The number of amides is 1. The Hall–Kier alpha value is -3.72. The molecule has 0 saturated heterocycles. The molecule has 4 rings (SSSR count). The van der Waals surface area contributed by atoms with Crippen LogP contribution in [-0.4, -0.2) is 32.3 Å². The van der Waals surface area contributed by atoms with Crippen molar-refractivity contribution in [2.24, 2.45) is 0 Å². The number of anilines is 1. The summed E-state index contributed by atoms with van der Waals surface area (Å²) in [5.41, 5.74) is 0.920. The van der Waals surface area contributed by atoms with Gasteiger partial charge in [-0.1, -0.05) is 11.6 Å². The number of aromatic nitrogens is 4. The van der Waals surface area contributed by atoms with E-state index in [9.17, 15) is 14.0 Å². The van der Waals surface area contributed by atoms with Gasteiger partial charge in [0, 0.05) is 5.69 Å². The highest BCUT2D eigenvalue weighted by Gasteiger charge is 2.14. The summed E-state index contributed by atoms with van der Waals surface area (Å²) in [5.74, 6) is -0.321. The third kappa shape index (κ3) is 3.74. The molecule has 4 aromatic rings. The lowest BCUT2D eigenvalue weighted by atomic mass is 10.3. The van der Waals surface area contributed by atoms with Gasteiger partial charge in [0.2, 0.25) is 5.91 Å². The molecule has 0 fully saturated rings. The molecule has 1 N–H and O–H groups in total. The lowest BCUT2D eigenvalue weighted by Gasteiger charge is -2.09. The highest BCUT2D eigenvalue weighted by molar-refractivity contribution is 6.32. The standard InChI is InChI=1S/C20H15ClFN5O3/c1-30-17-7-4-13(8-16(17)21)25-18(28)10-26-11-23-19-15(20(26)29)9-24-27(19)14-5-2-12(22)3-6-14/h2-9,11H,10H2,1H3,(H,25,28). The fourth-order valence-electron chi connectivity index (χ4n) is 2.93. The van der Waals surface area contributed by atoms with Gasteiger partial charge in [-0.15, -0.1) is 0 Å². The Labute approximate surface area is 174 Å². The molecular formula is C20H15ClFN5O3. The molecule has 8 nitrogen and oxygen atoms in total. The first-order chi connectivity index (χ1) is 14.5. The van der Waals surface area contributed by atoms with Crippen molar-refractivity contribution in [1.29, 1.82) is 0 Å². The summed E-state index contributed by atoms with van der Waals surface area (Å²) in [4.78, 5) is 29.4. The summed E-state index contributed by atoms with van der Waals surface area (Å²) in [6, 6.07) is 10.5. The Morgan fingerprint density at radius 2 is 2.00 bits per heavy atom. The minimum absolute atomic E-state index is 0.238. The van der Waals surface area contributed by atoms with Crippen LogP contribution in [0.25, 0.3) is 16.7 Å². The van der Waals surface area contributed by atoms with Crippen molar-refractivity contribution in [3.05, 3.63) is 76.2 Å². The molecule has 0 bridgehead atoms. The molecule has 0 saturated carbocycles. The zero-order valence-electron chi connectivity index (χ0n) is 15.7. The number of halogens is 2. The molecule has 0 radical (unpaired) electrons. The molecule has 152 valence electrons. The maximum absolute atomic E-state index is 13.1. The smallest absolute Gasteiger partial charge is 0.264 e. The highest BCUT2D eigenvalue weighted by atomic mass is 35.5. The first-order valence-electron chi connectivity index (χ1n) is 8.79. The molecule has 10 heteroatoms. The lowest BCUT2D eigenvalue weighted by molar-refractivity contribution is -0.116. The Bertz CT molecular complexity index is 1300. The van der Waals surface area contributed by atoms with Gasteiger partial charge in [0.15, 0.2) is 5.65 Å². The van der Waals surface area contributed by atoms with Crippen LogP contribution in [0.4, 0.5) is 10.1 Å². The average Bonchev–Trinajstić information content (AvgIpc) is 3.16. The van der Waals surface area contributed by atoms with Crippen LogP contribution in [0.15, 0.2) is 59.8 Å². The van der Waals surface area contributed by atoms with E-state index in [0.29, 0.717) is 27.8 Å². The van der Waals surface area contributed by atoms with Crippen LogP contribution in [0.5, 0.6) is 5.75 Å². The molecule has 0 aliphatic heterocycles. The molecule has 0 unspecified atom stereocenters. The van der Waals surface area contributed by atoms with E-state index in [-0.39, 0.29) is 17.7 Å². The third-order valence-corrected chi connectivity index (χ3v) is 4.67. The third-order valence-electron chi connectivity index (χ3n) is 4.38. The van der Waals surface area contributed by atoms with Gasteiger partial charge >= 0.3 is 0 Å². The molecule has 1 amide bonds. The van der Waals surface area contributed by atoms with Gasteiger partial charge in [-0.3, -0.25) is 14.2 Å². The number of carbonyl (C=O) groups excluding carboxylic acids is 1. The number of hydrogen-bond acceptors (Lipinski definition) is 5. The number of ether oxygens (including phenoxy) is 1. The number of fused-ring (bicyclic) bond motifs is 1. The van der Waals surface area contributed by atoms with Crippen molar-refractivity contribution < 1.29 is 13.9 Å². The molecule has 0 spiro atoms. The summed E-state index contributed by atoms with van der Waals surface area (Å²) in [6.07, 6.45) is 2.64. The van der Waals surface area contributed by atoms with Crippen LogP contribution in [-0.2, 0) is 11.3 Å². The van der Waals surface area contributed by atoms with Gasteiger partial charge in [0.25, 0.3) is 5.56 Å². The minimum Gasteiger partial charge on any atom is -0.495 e. The van der Waals surface area contributed by atoms with E-state index in [2.05, 4.69) is 15.4 Å². The molecule has 2 heterocycles. The normalized spacial score (nSPS) is 10.9. The van der Waals surface area contributed by atoms with Crippen LogP contribution in [0.2, 0.25) is 5.02 Å². The second-order valence-electron chi connectivity index (χ2n) is 6.35. The zero-order chi connectivity index (χ0) is 21.3. The molecular weight excluding hydrogens is 413 g/mol. The Balaban J connectivity index is 1.57. The van der Waals surface area contributed by atoms with Gasteiger partial charge < -0.3 is 10.1 Å². The topological polar surface area (TPSA) is 91.0 Å². The second-order valence-corrected chi connectivity index (χ2v) is 6.75. The first-order valence-corrected chi connectivity index (χ1v) is 9.16. The molecule has 30 heavy (non-hydrogen) atoms. The largest absolute Gasteiger partial charge is 0.495 e. The molecule has 0 atom stereocenters. The summed E-state index contributed by atoms with van der Waals surface area (Å²) in [7, 11) is 1.49. The minimum atomic E-state index is -0.426. The van der Waals surface area contributed by atoms with Crippen LogP contribution in [0.3, 0.4) is 0 Å². The number of methoxy groups -OCH3 is 1. The van der Waals surface area contributed by atoms with Crippen LogP contribution >= 0.6 is 11.6 Å². The van der Waals surface area contributed by atoms with Crippen molar-refractivity contribution in [3.63, 3.8) is 0 Å². The molecule has 2 aromatic heterocycles. The number of nitrogens with one attached hydrogen (secondary N) is 1. The predicted octanol–water partition coefficient (Wildman–Crippen LogP) is 3.02. The summed E-state index contributed by atoms with van der Waals surface area (Å²) in [5, 5.41) is 7.42. The molecule has 0 aliphatic rings. The van der Waals surface area contributed by atoms with Gasteiger partial charge in [-0.2, -0.15) is 5.10 Å². The predicted molar refractivity (Wildman–Crippen MR) is 110 cm³/mol. The van der Waals surface area contributed by atoms with Crippen molar-refractivity contribution >= 4 is 34.2 Å². The van der Waals surface area contributed by atoms with Crippen molar-refractivity contribution in [1.82, 2.24) is 19.3 Å². The van der Waals surface area contributed by atoms with Gasteiger partial charge in [0.05, 0.1) is 24.0 Å². The SMILES string of the molecule is COc1ccc(NC(=O)Cn2cnc3c(cnn3-c3ccc(F)cc3)c2=O)cc1Cl. The molecule has 0 aliphatic carbocycles. The van der Waals surface area contributed by atoms with E-state index in [1.807, 2.05) is 0 Å². The summed E-state index contributed by atoms with van der Waals surface area (Å²) in [6.45, 7) is -0.243. The van der Waals surface area contributed by atoms with E-state index >= 15 is 0 Å². The summed E-state index contributed by atoms with van der Waals surface area (Å²) < 4.78 is 20.8. The Morgan fingerprint density at radius 3 is 2.70 bits per heavy atom. The lowest BCUT2D eigenvalue weighted by Crippen LogP contribution is -2.27. The van der Waals surface area contributed by atoms with E-state index in [0.717, 1.165) is 0 Å². The number of nitrogens with zero attached hydrogens (tertiary/aromatic N) is 4.